The van der Waals surface area contributed by atoms with E-state index in [0.717, 1.165) is 12.1 Å². The molecule has 7 heteroatoms. The summed E-state index contributed by atoms with van der Waals surface area (Å²) in [5.74, 6) is -0.0579. The summed E-state index contributed by atoms with van der Waals surface area (Å²) >= 11 is 0. The van der Waals surface area contributed by atoms with Crippen LogP contribution in [0.1, 0.15) is 27.6 Å². The predicted octanol–water partition coefficient (Wildman–Crippen LogP) is 3.18. The van der Waals surface area contributed by atoms with Crippen LogP contribution in [0.2, 0.25) is 0 Å². The molecule has 24 heavy (non-hydrogen) atoms. The van der Waals surface area contributed by atoms with Gasteiger partial charge in [-0.05, 0) is 29.8 Å². The normalized spacial score (nSPS) is 12.5. The number of carbonyl (C=O) groups is 1. The van der Waals surface area contributed by atoms with E-state index in [1.807, 2.05) is 0 Å². The molecule has 0 radical (unpaired) electrons. The monoisotopic (exact) mass is 339 g/mol. The van der Waals surface area contributed by atoms with Crippen LogP contribution in [0.25, 0.3) is 0 Å². The Morgan fingerprint density at radius 3 is 2.38 bits per heavy atom. The van der Waals surface area contributed by atoms with Gasteiger partial charge in [-0.3, -0.25) is 4.79 Å². The van der Waals surface area contributed by atoms with E-state index in [9.17, 15) is 23.1 Å². The molecule has 0 spiro atoms. The summed E-state index contributed by atoms with van der Waals surface area (Å²) < 4.78 is 42.6. The fraction of sp³-hybridized carbons (Fsp3) is 0.235. The number of para-hydroxylation sites is 1. The maximum absolute atomic E-state index is 12.5. The molecule has 128 valence electrons. The number of aliphatic hydroxyl groups excluding tert-OH is 1. The number of methoxy groups -OCH3 is 1. The molecule has 1 atom stereocenters. The molecule has 2 N–H and O–H groups in total. The van der Waals surface area contributed by atoms with Gasteiger partial charge in [0.1, 0.15) is 5.75 Å². The van der Waals surface area contributed by atoms with Crippen LogP contribution < -0.4 is 10.1 Å². The molecular formula is C17H16F3NO3. The largest absolute Gasteiger partial charge is 0.496 e. The third-order valence-electron chi connectivity index (χ3n) is 3.43. The zero-order valence-electron chi connectivity index (χ0n) is 12.8. The molecule has 0 aromatic heterocycles. The molecule has 2 rings (SSSR count). The van der Waals surface area contributed by atoms with E-state index >= 15 is 0 Å². The quantitative estimate of drug-likeness (QED) is 0.880. The highest BCUT2D eigenvalue weighted by atomic mass is 19.4. The van der Waals surface area contributed by atoms with Gasteiger partial charge in [-0.1, -0.05) is 24.3 Å². The zero-order valence-corrected chi connectivity index (χ0v) is 12.8. The zero-order chi connectivity index (χ0) is 17.7. The van der Waals surface area contributed by atoms with Gasteiger partial charge in [0.05, 0.1) is 24.3 Å². The minimum Gasteiger partial charge on any atom is -0.496 e. The number of nitrogens with one attached hydrogen (secondary N) is 1. The molecule has 4 nitrogen and oxygen atoms in total. The molecular weight excluding hydrogens is 323 g/mol. The Bertz CT molecular complexity index is 699. The van der Waals surface area contributed by atoms with E-state index in [2.05, 4.69) is 5.32 Å². The average Bonchev–Trinajstić information content (AvgIpc) is 2.58. The second-order valence-corrected chi connectivity index (χ2v) is 5.05. The minimum atomic E-state index is -4.43. The number of carbonyl (C=O) groups excluding carboxylic acids is 1. The third kappa shape index (κ3) is 4.26. The minimum absolute atomic E-state index is 0.137. The molecule has 0 fully saturated rings. The Morgan fingerprint density at radius 1 is 1.17 bits per heavy atom. The van der Waals surface area contributed by atoms with Crippen molar-refractivity contribution in [3.05, 3.63) is 65.2 Å². The summed E-state index contributed by atoms with van der Waals surface area (Å²) in [6.07, 6.45) is -5.55. The maximum atomic E-state index is 12.5. The highest BCUT2D eigenvalue weighted by Gasteiger charge is 2.30. The van der Waals surface area contributed by atoms with Gasteiger partial charge in [0, 0.05) is 6.54 Å². The van der Waals surface area contributed by atoms with Crippen molar-refractivity contribution in [1.29, 1.82) is 0 Å². The lowest BCUT2D eigenvalue weighted by molar-refractivity contribution is -0.137. The van der Waals surface area contributed by atoms with Crippen molar-refractivity contribution in [2.75, 3.05) is 13.7 Å². The summed E-state index contributed by atoms with van der Waals surface area (Å²) in [5.41, 5.74) is -0.209. The number of ether oxygens (including phenoxy) is 1. The van der Waals surface area contributed by atoms with Crippen molar-refractivity contribution in [3.63, 3.8) is 0 Å². The highest BCUT2D eigenvalue weighted by Crippen LogP contribution is 2.29. The number of halogens is 3. The second-order valence-electron chi connectivity index (χ2n) is 5.05. The van der Waals surface area contributed by atoms with Gasteiger partial charge < -0.3 is 15.2 Å². The lowest BCUT2D eigenvalue weighted by Crippen LogP contribution is -2.28. The standard InChI is InChI=1S/C17H16F3NO3/c1-24-15-5-3-2-4-13(15)16(23)21-10-14(22)11-6-8-12(9-7-11)17(18,19)20/h2-9,14,22H,10H2,1H3,(H,21,23)/t14-/m1/s1. The second kappa shape index (κ2) is 7.35. The molecule has 0 saturated heterocycles. The van der Waals surface area contributed by atoms with Gasteiger partial charge in [-0.15, -0.1) is 0 Å². The van der Waals surface area contributed by atoms with Crippen molar-refractivity contribution in [2.24, 2.45) is 0 Å². The fourth-order valence-electron chi connectivity index (χ4n) is 2.13. The molecule has 2 aromatic rings. The van der Waals surface area contributed by atoms with E-state index in [1.165, 1.54) is 19.2 Å². The molecule has 2 aromatic carbocycles. The number of alkyl halides is 3. The van der Waals surface area contributed by atoms with E-state index in [1.54, 1.807) is 24.3 Å². The summed E-state index contributed by atoms with van der Waals surface area (Å²) in [5, 5.41) is 12.5. The predicted molar refractivity (Wildman–Crippen MR) is 81.7 cm³/mol. The van der Waals surface area contributed by atoms with Crippen LogP contribution in [0, 0.1) is 0 Å². The van der Waals surface area contributed by atoms with Crippen LogP contribution in [0.15, 0.2) is 48.5 Å². The first-order valence-electron chi connectivity index (χ1n) is 7.09. The van der Waals surface area contributed by atoms with Gasteiger partial charge in [0.2, 0.25) is 0 Å². The lowest BCUT2D eigenvalue weighted by Gasteiger charge is -2.14. The Balaban J connectivity index is 2.00. The van der Waals surface area contributed by atoms with Crippen molar-refractivity contribution >= 4 is 5.91 Å². The van der Waals surface area contributed by atoms with Crippen LogP contribution >= 0.6 is 0 Å². The number of benzene rings is 2. The van der Waals surface area contributed by atoms with Gasteiger partial charge in [-0.2, -0.15) is 13.2 Å². The topological polar surface area (TPSA) is 58.6 Å². The Labute approximate surface area is 136 Å². The number of hydrogen-bond donors (Lipinski definition) is 2. The molecule has 0 saturated carbocycles. The van der Waals surface area contributed by atoms with Crippen LogP contribution in [-0.4, -0.2) is 24.7 Å². The van der Waals surface area contributed by atoms with E-state index in [-0.39, 0.29) is 12.1 Å². The SMILES string of the molecule is COc1ccccc1C(=O)NC[C@@H](O)c1ccc(C(F)(F)F)cc1. The van der Waals surface area contributed by atoms with Crippen molar-refractivity contribution in [3.8, 4) is 5.75 Å². The van der Waals surface area contributed by atoms with Crippen molar-refractivity contribution in [2.45, 2.75) is 12.3 Å². The lowest BCUT2D eigenvalue weighted by atomic mass is 10.1. The van der Waals surface area contributed by atoms with Gasteiger partial charge in [0.25, 0.3) is 5.91 Å². The van der Waals surface area contributed by atoms with E-state index < -0.39 is 23.8 Å². The Morgan fingerprint density at radius 2 is 1.79 bits per heavy atom. The third-order valence-corrected chi connectivity index (χ3v) is 3.43. The average molecular weight is 339 g/mol. The Hall–Kier alpha value is -2.54. The summed E-state index contributed by atoms with van der Waals surface area (Å²) in [6.45, 7) is -0.137. The summed E-state index contributed by atoms with van der Waals surface area (Å²) in [7, 11) is 1.43. The number of hydrogen-bond acceptors (Lipinski definition) is 3. The summed E-state index contributed by atoms with van der Waals surface area (Å²) in [6, 6.07) is 10.7. The van der Waals surface area contributed by atoms with E-state index in [0.29, 0.717) is 11.3 Å². The molecule has 1 amide bonds. The first-order chi connectivity index (χ1) is 11.3. The molecule has 0 unspecified atom stereocenters. The van der Waals surface area contributed by atoms with Gasteiger partial charge >= 0.3 is 6.18 Å². The number of aliphatic hydroxyl groups is 1. The molecule has 0 aliphatic heterocycles. The molecule has 0 aliphatic carbocycles. The number of amides is 1. The van der Waals surface area contributed by atoms with Gasteiger partial charge in [-0.25, -0.2) is 0 Å². The van der Waals surface area contributed by atoms with Crippen LogP contribution in [0.3, 0.4) is 0 Å². The van der Waals surface area contributed by atoms with Gasteiger partial charge in [0.15, 0.2) is 0 Å². The molecule has 0 aliphatic rings. The Kier molecular flexibility index (Phi) is 5.46. The highest BCUT2D eigenvalue weighted by molar-refractivity contribution is 5.96. The maximum Gasteiger partial charge on any atom is 0.416 e. The van der Waals surface area contributed by atoms with Crippen LogP contribution in [0.4, 0.5) is 13.2 Å². The summed E-state index contributed by atoms with van der Waals surface area (Å²) in [4.78, 5) is 12.1. The first kappa shape index (κ1) is 17.8. The van der Waals surface area contributed by atoms with Crippen LogP contribution in [0.5, 0.6) is 5.75 Å². The van der Waals surface area contributed by atoms with Crippen molar-refractivity contribution < 1.29 is 27.8 Å². The molecule has 0 bridgehead atoms. The molecule has 0 heterocycles. The smallest absolute Gasteiger partial charge is 0.416 e. The number of rotatable bonds is 5. The van der Waals surface area contributed by atoms with E-state index in [4.69, 9.17) is 4.74 Å². The first-order valence-corrected chi connectivity index (χ1v) is 7.09. The fourth-order valence-corrected chi connectivity index (χ4v) is 2.13. The van der Waals surface area contributed by atoms with Crippen molar-refractivity contribution in [1.82, 2.24) is 5.32 Å². The van der Waals surface area contributed by atoms with Crippen LogP contribution in [-0.2, 0) is 6.18 Å².